The van der Waals surface area contributed by atoms with Gasteiger partial charge in [-0.3, -0.25) is 4.79 Å². The molecule has 0 saturated carbocycles. The first-order valence-corrected chi connectivity index (χ1v) is 5.37. The lowest BCUT2D eigenvalue weighted by atomic mass is 10.2. The minimum atomic E-state index is -0.724. The molecule has 0 bridgehead atoms. The number of aromatic nitrogens is 1. The van der Waals surface area contributed by atoms with Crippen LogP contribution in [-0.4, -0.2) is 18.0 Å². The van der Waals surface area contributed by atoms with Crippen molar-refractivity contribution in [1.82, 2.24) is 4.98 Å². The number of carbonyl (C=O) groups is 1. The molecule has 0 spiro atoms. The van der Waals surface area contributed by atoms with Crippen molar-refractivity contribution in [1.29, 1.82) is 0 Å². The van der Waals surface area contributed by atoms with E-state index in [4.69, 9.17) is 4.74 Å². The van der Waals surface area contributed by atoms with Crippen LogP contribution in [0, 0.1) is 11.6 Å². The molecule has 0 aliphatic rings. The maximum Gasteiger partial charge on any atom is 0.274 e. The highest BCUT2D eigenvalue weighted by atomic mass is 19.1. The molecule has 1 heterocycles. The molecule has 0 aliphatic carbocycles. The number of rotatable bonds is 3. The number of anilines is 1. The van der Waals surface area contributed by atoms with Gasteiger partial charge in [0.25, 0.3) is 5.91 Å². The fourth-order valence-electron chi connectivity index (χ4n) is 1.43. The Morgan fingerprint density at radius 1 is 1.26 bits per heavy atom. The topological polar surface area (TPSA) is 51.2 Å². The second-order valence-electron chi connectivity index (χ2n) is 3.64. The van der Waals surface area contributed by atoms with Crippen molar-refractivity contribution in [2.24, 2.45) is 0 Å². The fraction of sp³-hybridized carbons (Fsp3) is 0.0769. The Balaban J connectivity index is 2.22. The number of nitrogens with one attached hydrogen (secondary N) is 1. The molecule has 1 N–H and O–H groups in total. The molecule has 98 valence electrons. The second kappa shape index (κ2) is 5.43. The van der Waals surface area contributed by atoms with E-state index in [-0.39, 0.29) is 17.3 Å². The smallest absolute Gasteiger partial charge is 0.274 e. The third-order valence-electron chi connectivity index (χ3n) is 2.34. The Morgan fingerprint density at radius 2 is 2.05 bits per heavy atom. The molecule has 19 heavy (non-hydrogen) atoms. The number of carbonyl (C=O) groups excluding carboxylic acids is 1. The minimum absolute atomic E-state index is 0.0445. The molecule has 2 rings (SSSR count). The standard InChI is InChI=1S/C13H10F2N2O2/c1-19-12-4-2-3-10(16-12)13(18)17-11-7-8(14)5-6-9(11)15/h2-7H,1H3,(H,17,18). The number of hydrogen-bond acceptors (Lipinski definition) is 3. The Labute approximate surface area is 108 Å². The van der Waals surface area contributed by atoms with Crippen LogP contribution in [0.4, 0.5) is 14.5 Å². The molecule has 6 heteroatoms. The summed E-state index contributed by atoms with van der Waals surface area (Å²) in [7, 11) is 1.41. The molecule has 0 fully saturated rings. The summed E-state index contributed by atoms with van der Waals surface area (Å²) in [6.45, 7) is 0. The molecule has 1 aromatic carbocycles. The lowest BCUT2D eigenvalue weighted by Gasteiger charge is -2.06. The Kier molecular flexibility index (Phi) is 3.70. The molecule has 0 radical (unpaired) electrons. The van der Waals surface area contributed by atoms with Crippen molar-refractivity contribution < 1.29 is 18.3 Å². The molecule has 0 saturated heterocycles. The number of amides is 1. The first-order chi connectivity index (χ1) is 9.10. The first kappa shape index (κ1) is 12.9. The van der Waals surface area contributed by atoms with Gasteiger partial charge in [0, 0.05) is 12.1 Å². The van der Waals surface area contributed by atoms with E-state index >= 15 is 0 Å². The van der Waals surface area contributed by atoms with E-state index in [0.717, 1.165) is 18.2 Å². The van der Waals surface area contributed by atoms with E-state index in [2.05, 4.69) is 10.3 Å². The van der Waals surface area contributed by atoms with Gasteiger partial charge in [0.1, 0.15) is 17.3 Å². The normalized spacial score (nSPS) is 10.1. The molecule has 1 amide bonds. The molecule has 0 aliphatic heterocycles. The number of benzene rings is 1. The molecular weight excluding hydrogens is 254 g/mol. The lowest BCUT2D eigenvalue weighted by Crippen LogP contribution is -2.15. The van der Waals surface area contributed by atoms with Crippen molar-refractivity contribution in [2.75, 3.05) is 12.4 Å². The molecule has 4 nitrogen and oxygen atoms in total. The second-order valence-corrected chi connectivity index (χ2v) is 3.64. The predicted molar refractivity (Wildman–Crippen MR) is 65.1 cm³/mol. The van der Waals surface area contributed by atoms with Crippen LogP contribution >= 0.6 is 0 Å². The van der Waals surface area contributed by atoms with Gasteiger partial charge in [0.15, 0.2) is 0 Å². The predicted octanol–water partition coefficient (Wildman–Crippen LogP) is 2.62. The van der Waals surface area contributed by atoms with Crippen LogP contribution < -0.4 is 10.1 Å². The Morgan fingerprint density at radius 3 is 2.79 bits per heavy atom. The van der Waals surface area contributed by atoms with E-state index < -0.39 is 17.5 Å². The van der Waals surface area contributed by atoms with Crippen molar-refractivity contribution in [3.63, 3.8) is 0 Å². The van der Waals surface area contributed by atoms with Crippen LogP contribution in [0.3, 0.4) is 0 Å². The summed E-state index contributed by atoms with van der Waals surface area (Å²) >= 11 is 0. The average molecular weight is 264 g/mol. The summed E-state index contributed by atoms with van der Waals surface area (Å²) in [5.74, 6) is -1.76. The van der Waals surface area contributed by atoms with E-state index in [1.165, 1.54) is 13.2 Å². The van der Waals surface area contributed by atoms with Gasteiger partial charge in [0.05, 0.1) is 12.8 Å². The molecule has 0 unspecified atom stereocenters. The number of nitrogens with zero attached hydrogens (tertiary/aromatic N) is 1. The van der Waals surface area contributed by atoms with Crippen LogP contribution in [0.5, 0.6) is 5.88 Å². The highest BCUT2D eigenvalue weighted by Gasteiger charge is 2.12. The zero-order valence-corrected chi connectivity index (χ0v) is 9.98. The number of pyridine rings is 1. The number of ether oxygens (including phenoxy) is 1. The van der Waals surface area contributed by atoms with E-state index in [0.29, 0.717) is 0 Å². The van der Waals surface area contributed by atoms with Gasteiger partial charge in [-0.1, -0.05) is 6.07 Å². The minimum Gasteiger partial charge on any atom is -0.481 e. The van der Waals surface area contributed by atoms with Crippen LogP contribution in [0.25, 0.3) is 0 Å². The summed E-state index contributed by atoms with van der Waals surface area (Å²) in [5, 5.41) is 2.25. The SMILES string of the molecule is COc1cccc(C(=O)Nc2cc(F)ccc2F)n1. The zero-order valence-electron chi connectivity index (χ0n) is 9.98. The summed E-state index contributed by atoms with van der Waals surface area (Å²) in [6, 6.07) is 7.38. The van der Waals surface area contributed by atoms with Crippen LogP contribution in [-0.2, 0) is 0 Å². The van der Waals surface area contributed by atoms with Crippen LogP contribution in [0.1, 0.15) is 10.5 Å². The van der Waals surface area contributed by atoms with Gasteiger partial charge in [-0.15, -0.1) is 0 Å². The molecule has 1 aromatic heterocycles. The maximum atomic E-state index is 13.4. The Bertz CT molecular complexity index is 617. The molecule has 0 atom stereocenters. The Hall–Kier alpha value is -2.50. The van der Waals surface area contributed by atoms with Crippen molar-refractivity contribution in [3.8, 4) is 5.88 Å². The summed E-state index contributed by atoms with van der Waals surface area (Å²) in [6.07, 6.45) is 0. The van der Waals surface area contributed by atoms with E-state index in [9.17, 15) is 13.6 Å². The maximum absolute atomic E-state index is 13.4. The van der Waals surface area contributed by atoms with Gasteiger partial charge in [0.2, 0.25) is 5.88 Å². The number of methoxy groups -OCH3 is 1. The fourth-order valence-corrected chi connectivity index (χ4v) is 1.43. The quantitative estimate of drug-likeness (QED) is 0.927. The molecular formula is C13H10F2N2O2. The van der Waals surface area contributed by atoms with E-state index in [1.807, 2.05) is 0 Å². The largest absolute Gasteiger partial charge is 0.481 e. The van der Waals surface area contributed by atoms with E-state index in [1.54, 1.807) is 12.1 Å². The average Bonchev–Trinajstić information content (AvgIpc) is 2.43. The number of hydrogen-bond donors (Lipinski definition) is 1. The van der Waals surface area contributed by atoms with Gasteiger partial charge < -0.3 is 10.1 Å². The van der Waals surface area contributed by atoms with Gasteiger partial charge in [-0.25, -0.2) is 13.8 Å². The third-order valence-corrected chi connectivity index (χ3v) is 2.34. The number of halogens is 2. The summed E-state index contributed by atoms with van der Waals surface area (Å²) in [5.41, 5.74) is -0.197. The summed E-state index contributed by atoms with van der Waals surface area (Å²) in [4.78, 5) is 15.7. The highest BCUT2D eigenvalue weighted by Crippen LogP contribution is 2.16. The lowest BCUT2D eigenvalue weighted by molar-refractivity contribution is 0.102. The van der Waals surface area contributed by atoms with Gasteiger partial charge in [-0.05, 0) is 18.2 Å². The van der Waals surface area contributed by atoms with Crippen molar-refractivity contribution in [2.45, 2.75) is 0 Å². The monoisotopic (exact) mass is 264 g/mol. The van der Waals surface area contributed by atoms with Crippen molar-refractivity contribution in [3.05, 3.63) is 53.7 Å². The van der Waals surface area contributed by atoms with Gasteiger partial charge >= 0.3 is 0 Å². The zero-order chi connectivity index (χ0) is 13.8. The first-order valence-electron chi connectivity index (χ1n) is 5.37. The van der Waals surface area contributed by atoms with Gasteiger partial charge in [-0.2, -0.15) is 0 Å². The molecule has 2 aromatic rings. The van der Waals surface area contributed by atoms with Crippen molar-refractivity contribution >= 4 is 11.6 Å². The third kappa shape index (κ3) is 3.04. The van der Waals surface area contributed by atoms with Crippen LogP contribution in [0.2, 0.25) is 0 Å². The summed E-state index contributed by atoms with van der Waals surface area (Å²) < 4.78 is 31.2. The highest BCUT2D eigenvalue weighted by molar-refractivity contribution is 6.02. The van der Waals surface area contributed by atoms with Crippen LogP contribution in [0.15, 0.2) is 36.4 Å².